The Morgan fingerprint density at radius 2 is 2.24 bits per heavy atom. The Morgan fingerprint density at radius 3 is 2.94 bits per heavy atom. The van der Waals surface area contributed by atoms with E-state index in [-0.39, 0.29) is 23.4 Å². The van der Waals surface area contributed by atoms with Crippen LogP contribution in [0.2, 0.25) is 0 Å². The van der Waals surface area contributed by atoms with Gasteiger partial charge in [-0.3, -0.25) is 0 Å². The van der Waals surface area contributed by atoms with Gasteiger partial charge in [0.1, 0.15) is 6.10 Å². The lowest BCUT2D eigenvalue weighted by Crippen LogP contribution is -2.27. The van der Waals surface area contributed by atoms with Crippen LogP contribution in [-0.2, 0) is 9.53 Å². The maximum absolute atomic E-state index is 11.6. The van der Waals surface area contributed by atoms with Gasteiger partial charge in [0, 0.05) is 5.92 Å². The largest absolute Gasteiger partial charge is 0.515 e. The monoisotopic (exact) mass is 234 g/mol. The van der Waals surface area contributed by atoms with Crippen LogP contribution < -0.4 is 0 Å². The first kappa shape index (κ1) is 10.9. The van der Waals surface area contributed by atoms with Crippen molar-refractivity contribution in [1.29, 1.82) is 0 Å². The highest BCUT2D eigenvalue weighted by atomic mass is 16.6. The third-order valence-corrected chi connectivity index (χ3v) is 4.51. The molecule has 0 radical (unpaired) electrons. The zero-order valence-electron chi connectivity index (χ0n) is 10.3. The minimum Gasteiger partial charge on any atom is -0.515 e. The molecule has 0 spiro atoms. The number of carbonyl (C=O) groups is 1. The topological polar surface area (TPSA) is 46.5 Å². The van der Waals surface area contributed by atoms with Gasteiger partial charge in [-0.2, -0.15) is 0 Å². The van der Waals surface area contributed by atoms with E-state index in [0.717, 1.165) is 25.5 Å². The number of allylic oxidation sites excluding steroid dienone is 1. The molecule has 92 valence electrons. The Bertz CT molecular complexity index is 442. The normalized spacial score (nSPS) is 37.1. The van der Waals surface area contributed by atoms with Gasteiger partial charge in [0.05, 0.1) is 11.8 Å². The second kappa shape index (κ2) is 3.37. The van der Waals surface area contributed by atoms with Crippen molar-refractivity contribution < 1.29 is 14.6 Å². The van der Waals surface area contributed by atoms with E-state index < -0.39 is 0 Å². The lowest BCUT2D eigenvalue weighted by atomic mass is 9.72. The zero-order chi connectivity index (χ0) is 12.2. The van der Waals surface area contributed by atoms with Crippen molar-refractivity contribution in [2.45, 2.75) is 45.6 Å². The summed E-state index contributed by atoms with van der Waals surface area (Å²) in [7, 11) is 0. The Hall–Kier alpha value is -1.25. The van der Waals surface area contributed by atoms with Crippen molar-refractivity contribution in [1.82, 2.24) is 0 Å². The number of carbonyl (C=O) groups excluding carboxylic acids is 1. The summed E-state index contributed by atoms with van der Waals surface area (Å²) in [5.41, 5.74) is 3.39. The molecule has 0 aromatic heterocycles. The van der Waals surface area contributed by atoms with Crippen molar-refractivity contribution in [3.05, 3.63) is 23.0 Å². The lowest BCUT2D eigenvalue weighted by molar-refractivity contribution is -0.138. The molecule has 17 heavy (non-hydrogen) atoms. The molecule has 1 heterocycles. The molecule has 3 nitrogen and oxygen atoms in total. The van der Waals surface area contributed by atoms with E-state index in [0.29, 0.717) is 5.57 Å². The van der Waals surface area contributed by atoms with Crippen LogP contribution in [0.1, 0.15) is 39.5 Å². The van der Waals surface area contributed by atoms with Gasteiger partial charge in [-0.05, 0) is 36.7 Å². The predicted octanol–water partition coefficient (Wildman–Crippen LogP) is 2.88. The van der Waals surface area contributed by atoms with E-state index in [9.17, 15) is 4.79 Å². The highest BCUT2D eigenvalue weighted by Crippen LogP contribution is 2.54. The number of hydrogen-bond donors (Lipinski definition) is 1. The number of ether oxygens (including phenoxy) is 1. The van der Waals surface area contributed by atoms with Gasteiger partial charge < -0.3 is 9.84 Å². The van der Waals surface area contributed by atoms with Crippen molar-refractivity contribution in [2.24, 2.45) is 11.3 Å². The van der Waals surface area contributed by atoms with Crippen molar-refractivity contribution in [3.8, 4) is 0 Å². The SMILES string of the molecule is CC1(C)CCCC2=C1C1OC(=O)/C(=C/O)C1C2. The van der Waals surface area contributed by atoms with E-state index in [1.807, 2.05) is 0 Å². The van der Waals surface area contributed by atoms with E-state index in [1.165, 1.54) is 17.6 Å². The second-order valence-corrected chi connectivity index (χ2v) is 5.98. The maximum atomic E-state index is 11.6. The first-order valence-corrected chi connectivity index (χ1v) is 6.32. The van der Waals surface area contributed by atoms with Crippen LogP contribution in [0.15, 0.2) is 23.0 Å². The fourth-order valence-electron chi connectivity index (χ4n) is 3.76. The fourth-order valence-corrected chi connectivity index (χ4v) is 3.76. The standard InChI is InChI=1S/C14H18O3/c1-14(2)5-3-4-8-6-9-10(7-15)13(16)17-12(9)11(8)14/h7,9,12,15H,3-6H2,1-2H3/b10-7+. The van der Waals surface area contributed by atoms with E-state index >= 15 is 0 Å². The molecule has 2 aliphatic carbocycles. The molecule has 1 N–H and O–H groups in total. The number of esters is 1. The summed E-state index contributed by atoms with van der Waals surface area (Å²) in [4.78, 5) is 11.6. The summed E-state index contributed by atoms with van der Waals surface area (Å²) < 4.78 is 5.47. The van der Waals surface area contributed by atoms with Crippen LogP contribution in [0.4, 0.5) is 0 Å². The van der Waals surface area contributed by atoms with Crippen molar-refractivity contribution in [3.63, 3.8) is 0 Å². The predicted molar refractivity (Wildman–Crippen MR) is 63.4 cm³/mol. The Labute approximate surface area is 101 Å². The van der Waals surface area contributed by atoms with Gasteiger partial charge >= 0.3 is 5.97 Å². The van der Waals surface area contributed by atoms with Crippen LogP contribution in [0.25, 0.3) is 0 Å². The zero-order valence-corrected chi connectivity index (χ0v) is 10.3. The molecule has 3 aliphatic rings. The third-order valence-electron chi connectivity index (χ3n) is 4.51. The summed E-state index contributed by atoms with van der Waals surface area (Å²) in [6.45, 7) is 4.47. The summed E-state index contributed by atoms with van der Waals surface area (Å²) in [6, 6.07) is 0. The highest BCUT2D eigenvalue weighted by Gasteiger charge is 2.51. The minimum atomic E-state index is -0.338. The molecule has 1 saturated heterocycles. The van der Waals surface area contributed by atoms with Gasteiger partial charge in [0.25, 0.3) is 0 Å². The third kappa shape index (κ3) is 1.38. The van der Waals surface area contributed by atoms with Gasteiger partial charge in [0.15, 0.2) is 0 Å². The Balaban J connectivity index is 2.02. The second-order valence-electron chi connectivity index (χ2n) is 5.98. The minimum absolute atomic E-state index is 0.0647. The summed E-state index contributed by atoms with van der Waals surface area (Å²) in [6.07, 6.45) is 5.23. The molecule has 1 aliphatic heterocycles. The van der Waals surface area contributed by atoms with E-state index in [1.54, 1.807) is 0 Å². The molecule has 3 heteroatoms. The first-order valence-electron chi connectivity index (χ1n) is 6.32. The summed E-state index contributed by atoms with van der Waals surface area (Å²) in [5, 5.41) is 9.17. The molecule has 2 atom stereocenters. The molecule has 1 fully saturated rings. The lowest BCUT2D eigenvalue weighted by Gasteiger charge is -2.34. The molecule has 0 saturated carbocycles. The van der Waals surface area contributed by atoms with Gasteiger partial charge in [-0.15, -0.1) is 0 Å². The first-order chi connectivity index (χ1) is 8.04. The van der Waals surface area contributed by atoms with Crippen LogP contribution >= 0.6 is 0 Å². The average Bonchev–Trinajstić information content (AvgIpc) is 2.71. The number of aliphatic hydroxyl groups excluding tert-OH is 1. The fraction of sp³-hybridized carbons (Fsp3) is 0.643. The van der Waals surface area contributed by atoms with Crippen LogP contribution in [0, 0.1) is 11.3 Å². The number of rotatable bonds is 0. The quantitative estimate of drug-likeness (QED) is 0.303. The van der Waals surface area contributed by atoms with E-state index in [2.05, 4.69) is 13.8 Å². The number of aliphatic hydroxyl groups is 1. The Morgan fingerprint density at radius 1 is 1.47 bits per heavy atom. The van der Waals surface area contributed by atoms with E-state index in [4.69, 9.17) is 9.84 Å². The number of hydrogen-bond acceptors (Lipinski definition) is 3. The summed E-state index contributed by atoms with van der Waals surface area (Å²) >= 11 is 0. The van der Waals surface area contributed by atoms with Gasteiger partial charge in [-0.25, -0.2) is 4.79 Å². The van der Waals surface area contributed by atoms with Crippen LogP contribution in [0.3, 0.4) is 0 Å². The Kier molecular flexibility index (Phi) is 2.16. The maximum Gasteiger partial charge on any atom is 0.338 e. The van der Waals surface area contributed by atoms with Crippen LogP contribution in [-0.4, -0.2) is 17.2 Å². The molecule has 0 aromatic carbocycles. The summed E-state index contributed by atoms with van der Waals surface area (Å²) in [5.74, 6) is -0.273. The molecule has 3 rings (SSSR count). The average molecular weight is 234 g/mol. The molecule has 0 aromatic rings. The highest BCUT2D eigenvalue weighted by molar-refractivity contribution is 5.92. The molecular weight excluding hydrogens is 216 g/mol. The van der Waals surface area contributed by atoms with Crippen LogP contribution in [0.5, 0.6) is 0 Å². The molecule has 0 bridgehead atoms. The van der Waals surface area contributed by atoms with Gasteiger partial charge in [0.2, 0.25) is 0 Å². The number of fused-ring (bicyclic) bond motifs is 2. The van der Waals surface area contributed by atoms with Crippen molar-refractivity contribution in [2.75, 3.05) is 0 Å². The van der Waals surface area contributed by atoms with Crippen molar-refractivity contribution >= 4 is 5.97 Å². The molecular formula is C14H18O3. The van der Waals surface area contributed by atoms with Gasteiger partial charge in [-0.1, -0.05) is 19.4 Å². The smallest absolute Gasteiger partial charge is 0.338 e. The molecule has 0 amide bonds. The molecule has 2 unspecified atom stereocenters.